The minimum Gasteiger partial charge on any atom is -0.424 e. The molecule has 0 fully saturated rings. The molecule has 0 atom stereocenters. The van der Waals surface area contributed by atoms with Gasteiger partial charge >= 0.3 is 0 Å². The van der Waals surface area contributed by atoms with Gasteiger partial charge in [-0.2, -0.15) is 5.26 Å². The minimum atomic E-state index is -3.65. The summed E-state index contributed by atoms with van der Waals surface area (Å²) in [6.45, 7) is 4.49. The van der Waals surface area contributed by atoms with Gasteiger partial charge in [-0.3, -0.25) is 0 Å². The molecular formula is C26H30N2O3SSi. The smallest absolute Gasteiger partial charge is 0.258 e. The van der Waals surface area contributed by atoms with E-state index >= 15 is 0 Å². The molecule has 3 aromatic carbocycles. The maximum absolute atomic E-state index is 12.9. The Bertz CT molecular complexity index is 1170. The second kappa shape index (κ2) is 10.0. The van der Waals surface area contributed by atoms with E-state index in [1.807, 2.05) is 66.7 Å². The lowest BCUT2D eigenvalue weighted by molar-refractivity contribution is 0.414. The second-order valence-corrected chi connectivity index (χ2v) is 14.9. The van der Waals surface area contributed by atoms with Crippen LogP contribution in [0.2, 0.25) is 5.04 Å². The van der Waals surface area contributed by atoms with Gasteiger partial charge in [-0.1, -0.05) is 74.5 Å². The lowest BCUT2D eigenvalue weighted by atomic mass is 10.1. The third-order valence-corrected chi connectivity index (χ3v) is 12.7. The highest BCUT2D eigenvalue weighted by molar-refractivity contribution is 7.89. The predicted octanol–water partition coefficient (Wildman–Crippen LogP) is 3.49. The fraction of sp³-hybridized carbons (Fsp3) is 0.269. The summed E-state index contributed by atoms with van der Waals surface area (Å²) in [5, 5.41) is 10.4. The first-order valence-corrected chi connectivity index (χ1v) is 14.3. The van der Waals surface area contributed by atoms with Crippen molar-refractivity contribution in [2.45, 2.75) is 36.6 Å². The standard InChI is InChI=1S/C26H30N2O3SSi/c1-26(2,33(31,24-11-6-4-7-12-24)25-13-8-5-9-14-25)19-10-20-28(3)32(29,30)23-17-15-22(21-27)16-18-23/h4-9,11-18,31H,10,19-20H2,1-3H3. The molecule has 0 saturated carbocycles. The first kappa shape index (κ1) is 24.9. The van der Waals surface area contributed by atoms with Crippen LogP contribution in [-0.4, -0.2) is 39.4 Å². The van der Waals surface area contributed by atoms with Crippen molar-refractivity contribution in [2.75, 3.05) is 13.6 Å². The average molecular weight is 479 g/mol. The van der Waals surface area contributed by atoms with E-state index in [1.165, 1.54) is 28.6 Å². The summed E-state index contributed by atoms with van der Waals surface area (Å²) < 4.78 is 27.2. The summed E-state index contributed by atoms with van der Waals surface area (Å²) in [5.74, 6) is 0. The van der Waals surface area contributed by atoms with Gasteiger partial charge in [-0.15, -0.1) is 0 Å². The molecule has 0 heterocycles. The van der Waals surface area contributed by atoms with E-state index in [9.17, 15) is 13.2 Å². The predicted molar refractivity (Wildman–Crippen MR) is 134 cm³/mol. The van der Waals surface area contributed by atoms with E-state index in [4.69, 9.17) is 5.26 Å². The van der Waals surface area contributed by atoms with Crippen LogP contribution in [0, 0.1) is 11.3 Å². The Balaban J connectivity index is 1.79. The molecule has 0 aliphatic rings. The van der Waals surface area contributed by atoms with Crippen LogP contribution in [0.1, 0.15) is 32.3 Å². The Hall–Kier alpha value is -2.76. The number of hydrogen-bond donors (Lipinski definition) is 1. The zero-order chi connectivity index (χ0) is 24.1. The van der Waals surface area contributed by atoms with Crippen molar-refractivity contribution in [3.63, 3.8) is 0 Å². The Kier molecular flexibility index (Phi) is 7.55. The molecule has 0 spiro atoms. The van der Waals surface area contributed by atoms with Crippen molar-refractivity contribution < 1.29 is 13.2 Å². The first-order chi connectivity index (χ1) is 15.6. The molecule has 5 nitrogen and oxygen atoms in total. The Morgan fingerprint density at radius 2 is 1.39 bits per heavy atom. The molecule has 33 heavy (non-hydrogen) atoms. The van der Waals surface area contributed by atoms with Gasteiger partial charge in [0.05, 0.1) is 16.5 Å². The van der Waals surface area contributed by atoms with Crippen LogP contribution in [0.5, 0.6) is 0 Å². The lowest BCUT2D eigenvalue weighted by Gasteiger charge is -2.41. The summed E-state index contributed by atoms with van der Waals surface area (Å²) in [4.78, 5) is 12.4. The number of benzene rings is 3. The highest BCUT2D eigenvalue weighted by Gasteiger charge is 2.49. The molecule has 172 valence electrons. The third kappa shape index (κ3) is 5.10. The van der Waals surface area contributed by atoms with Gasteiger partial charge in [-0.25, -0.2) is 12.7 Å². The van der Waals surface area contributed by atoms with Gasteiger partial charge in [0.25, 0.3) is 8.32 Å². The van der Waals surface area contributed by atoms with Gasteiger partial charge in [0.1, 0.15) is 0 Å². The minimum absolute atomic E-state index is 0.169. The van der Waals surface area contributed by atoms with E-state index in [0.29, 0.717) is 24.9 Å². The second-order valence-electron chi connectivity index (χ2n) is 8.89. The molecule has 0 aromatic heterocycles. The van der Waals surface area contributed by atoms with Crippen LogP contribution in [0.4, 0.5) is 0 Å². The van der Waals surface area contributed by atoms with Crippen LogP contribution < -0.4 is 10.4 Å². The summed E-state index contributed by atoms with van der Waals surface area (Å²) in [5.41, 5.74) is 0.421. The van der Waals surface area contributed by atoms with Gasteiger partial charge in [0.2, 0.25) is 10.0 Å². The largest absolute Gasteiger partial charge is 0.424 e. The number of nitriles is 1. The molecule has 0 unspecified atom stereocenters. The summed E-state index contributed by atoms with van der Waals surface area (Å²) in [7, 11) is -5.20. The number of hydrogen-bond acceptors (Lipinski definition) is 4. The van der Waals surface area contributed by atoms with E-state index in [2.05, 4.69) is 13.8 Å². The van der Waals surface area contributed by atoms with Crippen LogP contribution >= 0.6 is 0 Å². The fourth-order valence-electron chi connectivity index (χ4n) is 4.23. The molecule has 0 aliphatic heterocycles. The van der Waals surface area contributed by atoms with Crippen molar-refractivity contribution in [1.82, 2.24) is 4.31 Å². The van der Waals surface area contributed by atoms with Gasteiger partial charge in [-0.05, 0) is 52.5 Å². The van der Waals surface area contributed by atoms with E-state index in [-0.39, 0.29) is 4.90 Å². The normalized spacial score (nSPS) is 12.5. The summed E-state index contributed by atoms with van der Waals surface area (Å²) in [6, 6.07) is 27.6. The molecule has 0 aliphatic carbocycles. The average Bonchev–Trinajstić information content (AvgIpc) is 2.84. The van der Waals surface area contributed by atoms with Crippen molar-refractivity contribution in [2.24, 2.45) is 0 Å². The molecule has 0 amide bonds. The van der Waals surface area contributed by atoms with Crippen LogP contribution in [0.3, 0.4) is 0 Å². The van der Waals surface area contributed by atoms with E-state index < -0.39 is 23.4 Å². The van der Waals surface area contributed by atoms with Crippen molar-refractivity contribution in [3.05, 3.63) is 90.5 Å². The van der Waals surface area contributed by atoms with E-state index in [1.54, 1.807) is 7.05 Å². The van der Waals surface area contributed by atoms with Gasteiger partial charge in [0.15, 0.2) is 0 Å². The van der Waals surface area contributed by atoms with Crippen molar-refractivity contribution >= 4 is 28.7 Å². The lowest BCUT2D eigenvalue weighted by Crippen LogP contribution is -2.65. The van der Waals surface area contributed by atoms with Crippen LogP contribution in [0.15, 0.2) is 89.8 Å². The third-order valence-electron chi connectivity index (χ3n) is 6.33. The highest BCUT2D eigenvalue weighted by Crippen LogP contribution is 2.39. The molecule has 3 rings (SSSR count). The topological polar surface area (TPSA) is 81.4 Å². The zero-order valence-electron chi connectivity index (χ0n) is 19.3. The van der Waals surface area contributed by atoms with Gasteiger partial charge in [0, 0.05) is 13.6 Å². The number of rotatable bonds is 9. The molecule has 3 aromatic rings. The molecule has 1 N–H and O–H groups in total. The molecule has 7 heteroatoms. The quantitative estimate of drug-likeness (QED) is 0.477. The molecule has 0 bridgehead atoms. The SMILES string of the molecule is CN(CCCC(C)(C)[Si](O)(c1ccccc1)c1ccccc1)S(=O)(=O)c1ccc(C#N)cc1. The zero-order valence-corrected chi connectivity index (χ0v) is 21.1. The van der Waals surface area contributed by atoms with E-state index in [0.717, 1.165) is 10.4 Å². The molecule has 0 saturated heterocycles. The molecular weight excluding hydrogens is 448 g/mol. The summed E-state index contributed by atoms with van der Waals surface area (Å²) >= 11 is 0. The first-order valence-electron chi connectivity index (χ1n) is 10.9. The summed E-state index contributed by atoms with van der Waals surface area (Å²) in [6.07, 6.45) is 1.26. The number of nitrogens with zero attached hydrogens (tertiary/aromatic N) is 2. The van der Waals surface area contributed by atoms with Crippen molar-refractivity contribution in [1.29, 1.82) is 5.26 Å². The Morgan fingerprint density at radius 1 is 0.909 bits per heavy atom. The monoisotopic (exact) mass is 478 g/mol. The highest BCUT2D eigenvalue weighted by atomic mass is 32.2. The Morgan fingerprint density at radius 3 is 1.85 bits per heavy atom. The molecule has 0 radical (unpaired) electrons. The van der Waals surface area contributed by atoms with Crippen LogP contribution in [-0.2, 0) is 10.0 Å². The fourth-order valence-corrected chi connectivity index (χ4v) is 9.23. The number of sulfonamides is 1. The van der Waals surface area contributed by atoms with Crippen LogP contribution in [0.25, 0.3) is 0 Å². The van der Waals surface area contributed by atoms with Crippen molar-refractivity contribution in [3.8, 4) is 6.07 Å². The Labute approximate surface area is 198 Å². The maximum Gasteiger partial charge on any atom is 0.258 e. The maximum atomic E-state index is 12.9. The van der Waals surface area contributed by atoms with Gasteiger partial charge < -0.3 is 4.80 Å².